The number of methoxy groups -OCH3 is 1. The molecule has 1 rings (SSSR count). The van der Waals surface area contributed by atoms with Gasteiger partial charge in [-0.1, -0.05) is 25.7 Å². The van der Waals surface area contributed by atoms with Crippen molar-refractivity contribution in [2.24, 2.45) is 11.7 Å². The lowest BCUT2D eigenvalue weighted by Crippen LogP contribution is -2.27. The molecule has 0 aromatic rings. The highest BCUT2D eigenvalue weighted by atomic mass is 16.5. The average Bonchev–Trinajstić information content (AvgIpc) is 2.40. The minimum Gasteiger partial charge on any atom is -0.383 e. The maximum absolute atomic E-state index is 5.84. The lowest BCUT2D eigenvalue weighted by molar-refractivity contribution is 0.169. The average molecular weight is 157 g/mol. The van der Waals surface area contributed by atoms with E-state index >= 15 is 0 Å². The van der Waals surface area contributed by atoms with Crippen LogP contribution in [0.1, 0.15) is 32.1 Å². The Morgan fingerprint density at radius 3 is 2.64 bits per heavy atom. The smallest absolute Gasteiger partial charge is 0.0613 e. The van der Waals surface area contributed by atoms with E-state index in [1.165, 1.54) is 25.7 Å². The molecule has 0 aromatic carbocycles. The van der Waals surface area contributed by atoms with Crippen LogP contribution in [0, 0.1) is 5.92 Å². The molecule has 2 heteroatoms. The van der Waals surface area contributed by atoms with Gasteiger partial charge in [0.15, 0.2) is 0 Å². The molecule has 0 aromatic heterocycles. The van der Waals surface area contributed by atoms with Gasteiger partial charge in [0.25, 0.3) is 0 Å². The predicted octanol–water partition coefficient (Wildman–Crippen LogP) is 1.54. The van der Waals surface area contributed by atoms with E-state index in [0.717, 1.165) is 18.9 Å². The van der Waals surface area contributed by atoms with Crippen molar-refractivity contribution < 1.29 is 4.74 Å². The van der Waals surface area contributed by atoms with Gasteiger partial charge in [-0.3, -0.25) is 0 Å². The van der Waals surface area contributed by atoms with Crippen molar-refractivity contribution in [2.45, 2.75) is 38.1 Å². The summed E-state index contributed by atoms with van der Waals surface area (Å²) in [6, 6.07) is 0.267. The summed E-state index contributed by atoms with van der Waals surface area (Å²) in [7, 11) is 1.72. The number of ether oxygens (including phenoxy) is 1. The van der Waals surface area contributed by atoms with Crippen molar-refractivity contribution in [3.05, 3.63) is 0 Å². The summed E-state index contributed by atoms with van der Waals surface area (Å²) in [5.41, 5.74) is 5.84. The van der Waals surface area contributed by atoms with Crippen LogP contribution in [0.5, 0.6) is 0 Å². The molecular formula is C9H19NO. The van der Waals surface area contributed by atoms with E-state index in [4.69, 9.17) is 10.5 Å². The van der Waals surface area contributed by atoms with Crippen LogP contribution in [0.3, 0.4) is 0 Å². The quantitative estimate of drug-likeness (QED) is 0.672. The topological polar surface area (TPSA) is 35.2 Å². The second kappa shape index (κ2) is 4.73. The Morgan fingerprint density at radius 2 is 2.09 bits per heavy atom. The van der Waals surface area contributed by atoms with Crippen LogP contribution in [-0.2, 0) is 4.74 Å². The van der Waals surface area contributed by atoms with Gasteiger partial charge in [0.1, 0.15) is 0 Å². The lowest BCUT2D eigenvalue weighted by Gasteiger charge is -2.14. The van der Waals surface area contributed by atoms with Crippen LogP contribution in [0.15, 0.2) is 0 Å². The first kappa shape index (κ1) is 9.01. The summed E-state index contributed by atoms with van der Waals surface area (Å²) in [5, 5.41) is 0. The van der Waals surface area contributed by atoms with Crippen molar-refractivity contribution in [3.63, 3.8) is 0 Å². The highest BCUT2D eigenvalue weighted by molar-refractivity contribution is 4.72. The Morgan fingerprint density at radius 1 is 1.45 bits per heavy atom. The first-order chi connectivity index (χ1) is 5.33. The minimum atomic E-state index is 0.267. The van der Waals surface area contributed by atoms with Gasteiger partial charge in [-0.15, -0.1) is 0 Å². The van der Waals surface area contributed by atoms with Crippen LogP contribution in [0.25, 0.3) is 0 Å². The maximum atomic E-state index is 5.84. The van der Waals surface area contributed by atoms with Crippen LogP contribution in [0.4, 0.5) is 0 Å². The highest BCUT2D eigenvalue weighted by Crippen LogP contribution is 2.28. The Hall–Kier alpha value is -0.0800. The van der Waals surface area contributed by atoms with Gasteiger partial charge >= 0.3 is 0 Å². The molecule has 11 heavy (non-hydrogen) atoms. The van der Waals surface area contributed by atoms with E-state index in [1.807, 2.05) is 0 Å². The largest absolute Gasteiger partial charge is 0.383 e. The van der Waals surface area contributed by atoms with Gasteiger partial charge in [-0.25, -0.2) is 0 Å². The zero-order valence-electron chi connectivity index (χ0n) is 7.38. The fraction of sp³-hybridized carbons (Fsp3) is 1.00. The fourth-order valence-corrected chi connectivity index (χ4v) is 1.96. The van der Waals surface area contributed by atoms with Gasteiger partial charge in [-0.2, -0.15) is 0 Å². The molecule has 0 radical (unpaired) electrons. The number of nitrogens with two attached hydrogens (primary N) is 1. The summed E-state index contributed by atoms with van der Waals surface area (Å²) < 4.78 is 4.99. The highest BCUT2D eigenvalue weighted by Gasteiger charge is 2.17. The van der Waals surface area contributed by atoms with Crippen molar-refractivity contribution in [2.75, 3.05) is 13.7 Å². The molecule has 2 nitrogen and oxygen atoms in total. The van der Waals surface area contributed by atoms with Gasteiger partial charge in [-0.05, 0) is 12.3 Å². The molecule has 0 heterocycles. The first-order valence-corrected chi connectivity index (χ1v) is 4.57. The summed E-state index contributed by atoms with van der Waals surface area (Å²) >= 11 is 0. The van der Waals surface area contributed by atoms with Crippen molar-refractivity contribution in [1.82, 2.24) is 0 Å². The van der Waals surface area contributed by atoms with Gasteiger partial charge in [0.2, 0.25) is 0 Å². The van der Waals surface area contributed by atoms with E-state index in [1.54, 1.807) is 7.11 Å². The molecular weight excluding hydrogens is 138 g/mol. The molecule has 1 aliphatic carbocycles. The Kier molecular flexibility index (Phi) is 3.87. The molecule has 0 bridgehead atoms. The second-order valence-electron chi connectivity index (χ2n) is 3.60. The molecule has 0 unspecified atom stereocenters. The molecule has 1 atom stereocenters. The molecule has 0 amide bonds. The molecule has 0 spiro atoms. The SMILES string of the molecule is COC[C@@H](N)CC1CCCC1. The van der Waals surface area contributed by atoms with Crippen LogP contribution < -0.4 is 5.73 Å². The molecule has 1 fully saturated rings. The summed E-state index contributed by atoms with van der Waals surface area (Å²) in [6.45, 7) is 0.719. The zero-order valence-corrected chi connectivity index (χ0v) is 7.38. The first-order valence-electron chi connectivity index (χ1n) is 4.57. The number of hydrogen-bond donors (Lipinski definition) is 1. The van der Waals surface area contributed by atoms with Crippen molar-refractivity contribution in [3.8, 4) is 0 Å². The van der Waals surface area contributed by atoms with E-state index in [-0.39, 0.29) is 6.04 Å². The third-order valence-electron chi connectivity index (χ3n) is 2.49. The Labute approximate surface area is 69.1 Å². The van der Waals surface area contributed by atoms with Crippen LogP contribution in [-0.4, -0.2) is 19.8 Å². The molecule has 1 aliphatic rings. The summed E-state index contributed by atoms with van der Waals surface area (Å²) in [5.74, 6) is 0.889. The standard InChI is InChI=1S/C9H19NO/c1-11-7-9(10)6-8-4-2-3-5-8/h8-9H,2-7,10H2,1H3/t9-/m0/s1. The van der Waals surface area contributed by atoms with Crippen molar-refractivity contribution >= 4 is 0 Å². The summed E-state index contributed by atoms with van der Waals surface area (Å²) in [6.07, 6.45) is 6.75. The van der Waals surface area contributed by atoms with E-state index in [0.29, 0.717) is 0 Å². The molecule has 0 aliphatic heterocycles. The van der Waals surface area contributed by atoms with Crippen LogP contribution in [0.2, 0.25) is 0 Å². The lowest BCUT2D eigenvalue weighted by atomic mass is 9.99. The van der Waals surface area contributed by atoms with E-state index in [2.05, 4.69) is 0 Å². The fourth-order valence-electron chi connectivity index (χ4n) is 1.96. The molecule has 66 valence electrons. The monoisotopic (exact) mass is 157 g/mol. The summed E-state index contributed by atoms with van der Waals surface area (Å²) in [4.78, 5) is 0. The second-order valence-corrected chi connectivity index (χ2v) is 3.60. The molecule has 1 saturated carbocycles. The Bertz CT molecular complexity index is 99.7. The van der Waals surface area contributed by atoms with Crippen LogP contribution >= 0.6 is 0 Å². The number of hydrogen-bond acceptors (Lipinski definition) is 2. The maximum Gasteiger partial charge on any atom is 0.0613 e. The molecule has 0 saturated heterocycles. The third-order valence-corrected chi connectivity index (χ3v) is 2.49. The normalized spacial score (nSPS) is 22.4. The molecule has 2 N–H and O–H groups in total. The van der Waals surface area contributed by atoms with E-state index in [9.17, 15) is 0 Å². The van der Waals surface area contributed by atoms with Gasteiger partial charge in [0.05, 0.1) is 6.61 Å². The van der Waals surface area contributed by atoms with Crippen molar-refractivity contribution in [1.29, 1.82) is 0 Å². The van der Waals surface area contributed by atoms with Gasteiger partial charge in [0, 0.05) is 13.2 Å². The minimum absolute atomic E-state index is 0.267. The predicted molar refractivity (Wildman–Crippen MR) is 46.4 cm³/mol. The third kappa shape index (κ3) is 3.21. The van der Waals surface area contributed by atoms with E-state index < -0.39 is 0 Å². The number of rotatable bonds is 4. The Balaban J connectivity index is 2.08. The van der Waals surface area contributed by atoms with Gasteiger partial charge < -0.3 is 10.5 Å². The zero-order chi connectivity index (χ0) is 8.10.